The van der Waals surface area contributed by atoms with Gasteiger partial charge in [0.25, 0.3) is 5.91 Å². The van der Waals surface area contributed by atoms with Crippen LogP contribution in [0.1, 0.15) is 10.6 Å². The van der Waals surface area contributed by atoms with Gasteiger partial charge in [-0.25, -0.2) is 4.31 Å². The van der Waals surface area contributed by atoms with Crippen molar-refractivity contribution in [1.82, 2.24) is 13.9 Å². The molecule has 0 aliphatic carbocycles. The predicted molar refractivity (Wildman–Crippen MR) is 63.0 cm³/mol. The molecule has 17 heavy (non-hydrogen) atoms. The van der Waals surface area contributed by atoms with Crippen LogP contribution in [-0.4, -0.2) is 47.7 Å². The lowest BCUT2D eigenvalue weighted by molar-refractivity contribution is -0.108. The molecule has 0 unspecified atom stereocenters. The number of carbonyl (C=O) groups excluding carboxylic acids is 2. The normalized spacial score (nSPS) is 16.8. The molecule has 7 heteroatoms. The largest absolute Gasteiger partial charge is 0.459 e. The second-order valence-corrected chi connectivity index (χ2v) is 4.46. The summed E-state index contributed by atoms with van der Waals surface area (Å²) < 4.78 is 9.60. The number of nitrogens with zero attached hydrogens (tertiary/aromatic N) is 2. The molecule has 0 spiro atoms. The zero-order chi connectivity index (χ0) is 12.1. The van der Waals surface area contributed by atoms with Crippen LogP contribution >= 0.6 is 12.1 Å². The van der Waals surface area contributed by atoms with Crippen LogP contribution in [0.2, 0.25) is 0 Å². The van der Waals surface area contributed by atoms with E-state index in [1.807, 2.05) is 4.31 Å². The summed E-state index contributed by atoms with van der Waals surface area (Å²) in [5.74, 6) is 0.292. The third-order valence-electron chi connectivity index (χ3n) is 2.49. The van der Waals surface area contributed by atoms with Crippen molar-refractivity contribution < 1.29 is 14.0 Å². The van der Waals surface area contributed by atoms with E-state index in [0.29, 0.717) is 25.3 Å². The first kappa shape index (κ1) is 12.0. The predicted octanol–water partition coefficient (Wildman–Crippen LogP) is 0.347. The third-order valence-corrected chi connectivity index (χ3v) is 3.31. The topological polar surface area (TPSA) is 65.8 Å². The zero-order valence-corrected chi connectivity index (χ0v) is 9.98. The van der Waals surface area contributed by atoms with E-state index in [4.69, 9.17) is 4.42 Å². The molecule has 2 heterocycles. The summed E-state index contributed by atoms with van der Waals surface area (Å²) in [7, 11) is 0. The highest BCUT2D eigenvalue weighted by Gasteiger charge is 2.23. The van der Waals surface area contributed by atoms with Crippen LogP contribution in [0.4, 0.5) is 0 Å². The van der Waals surface area contributed by atoms with Crippen molar-refractivity contribution in [2.24, 2.45) is 0 Å². The van der Waals surface area contributed by atoms with Crippen LogP contribution < -0.4 is 4.72 Å². The Hall–Kier alpha value is -1.47. The van der Waals surface area contributed by atoms with Crippen LogP contribution in [-0.2, 0) is 4.79 Å². The van der Waals surface area contributed by atoms with Crippen LogP contribution in [0.3, 0.4) is 0 Å². The molecule has 0 aromatic carbocycles. The summed E-state index contributed by atoms with van der Waals surface area (Å²) >= 11 is 1.26. The molecule has 1 saturated heterocycles. The number of hydrogen-bond donors (Lipinski definition) is 1. The van der Waals surface area contributed by atoms with Crippen molar-refractivity contribution in [2.75, 3.05) is 26.2 Å². The number of hydrogen-bond acceptors (Lipinski definition) is 5. The molecule has 0 radical (unpaired) electrons. The molecule has 0 atom stereocenters. The smallest absolute Gasteiger partial charge is 0.289 e. The highest BCUT2D eigenvalue weighted by Crippen LogP contribution is 2.13. The number of furan rings is 1. The molecule has 1 N–H and O–H groups in total. The van der Waals surface area contributed by atoms with Crippen molar-refractivity contribution in [3.8, 4) is 0 Å². The van der Waals surface area contributed by atoms with Gasteiger partial charge in [-0.1, -0.05) is 0 Å². The number of piperazine rings is 1. The Labute approximate surface area is 103 Å². The minimum absolute atomic E-state index is 0.0806. The van der Waals surface area contributed by atoms with E-state index in [2.05, 4.69) is 4.72 Å². The molecule has 1 aliphatic heterocycles. The molecular formula is C10H13N3O3S. The molecule has 92 valence electrons. The van der Waals surface area contributed by atoms with E-state index in [9.17, 15) is 9.59 Å². The Balaban J connectivity index is 1.83. The number of carbonyl (C=O) groups is 2. The Bertz CT molecular complexity index is 374. The van der Waals surface area contributed by atoms with Gasteiger partial charge in [0, 0.05) is 38.3 Å². The molecule has 1 fully saturated rings. The zero-order valence-electron chi connectivity index (χ0n) is 9.17. The molecule has 1 aromatic rings. The van der Waals surface area contributed by atoms with Crippen molar-refractivity contribution in [1.29, 1.82) is 0 Å². The van der Waals surface area contributed by atoms with Crippen LogP contribution in [0, 0.1) is 0 Å². The summed E-state index contributed by atoms with van der Waals surface area (Å²) in [5, 5.41) is 0. The first-order valence-electron chi connectivity index (χ1n) is 5.25. The van der Waals surface area contributed by atoms with Gasteiger partial charge in [-0.3, -0.25) is 14.3 Å². The molecule has 6 nitrogen and oxygen atoms in total. The van der Waals surface area contributed by atoms with E-state index in [0.717, 1.165) is 13.1 Å². The lowest BCUT2D eigenvalue weighted by Gasteiger charge is -2.32. The van der Waals surface area contributed by atoms with E-state index >= 15 is 0 Å². The fraction of sp³-hybridized carbons (Fsp3) is 0.400. The summed E-state index contributed by atoms with van der Waals surface area (Å²) in [5.41, 5.74) is 0. The molecule has 1 aliphatic rings. The highest BCUT2D eigenvalue weighted by atomic mass is 32.2. The first-order chi connectivity index (χ1) is 8.31. The second-order valence-electron chi connectivity index (χ2n) is 3.53. The minimum atomic E-state index is -0.0806. The summed E-state index contributed by atoms with van der Waals surface area (Å²) in [4.78, 5) is 23.8. The highest BCUT2D eigenvalue weighted by molar-refractivity contribution is 7.95. The van der Waals surface area contributed by atoms with Gasteiger partial charge in [0.2, 0.25) is 6.41 Å². The van der Waals surface area contributed by atoms with Crippen molar-refractivity contribution in [3.63, 3.8) is 0 Å². The molecule has 1 aromatic heterocycles. The lowest BCUT2D eigenvalue weighted by atomic mass is 10.3. The van der Waals surface area contributed by atoms with Gasteiger partial charge in [-0.2, -0.15) is 0 Å². The number of rotatable bonds is 4. The monoisotopic (exact) mass is 255 g/mol. The summed E-state index contributed by atoms with van der Waals surface area (Å²) in [6.07, 6.45) is 2.14. The maximum atomic E-state index is 11.9. The minimum Gasteiger partial charge on any atom is -0.459 e. The number of nitrogens with one attached hydrogen (secondary N) is 1. The van der Waals surface area contributed by atoms with Crippen molar-refractivity contribution in [3.05, 3.63) is 24.2 Å². The van der Waals surface area contributed by atoms with E-state index in [1.165, 1.54) is 18.4 Å². The quantitative estimate of drug-likeness (QED) is 0.621. The van der Waals surface area contributed by atoms with E-state index < -0.39 is 0 Å². The molecule has 0 bridgehead atoms. The molecule has 0 saturated carbocycles. The summed E-state index contributed by atoms with van der Waals surface area (Å²) in [6.45, 7) is 2.70. The molecule has 2 amide bonds. The Morgan fingerprint density at radius 2 is 2.18 bits per heavy atom. The molecular weight excluding hydrogens is 242 g/mol. The Morgan fingerprint density at radius 1 is 1.41 bits per heavy atom. The van der Waals surface area contributed by atoms with E-state index in [-0.39, 0.29) is 5.91 Å². The van der Waals surface area contributed by atoms with Gasteiger partial charge in [0.05, 0.1) is 6.26 Å². The Kier molecular flexibility index (Phi) is 4.05. The fourth-order valence-electron chi connectivity index (χ4n) is 1.63. The fourth-order valence-corrected chi connectivity index (χ4v) is 2.17. The average molecular weight is 255 g/mol. The molecule has 2 rings (SSSR count). The second kappa shape index (κ2) is 5.74. The maximum Gasteiger partial charge on any atom is 0.289 e. The van der Waals surface area contributed by atoms with E-state index in [1.54, 1.807) is 17.0 Å². The maximum absolute atomic E-state index is 11.9. The van der Waals surface area contributed by atoms with Gasteiger partial charge in [-0.15, -0.1) is 0 Å². The van der Waals surface area contributed by atoms with Gasteiger partial charge < -0.3 is 9.32 Å². The van der Waals surface area contributed by atoms with Crippen LogP contribution in [0.15, 0.2) is 22.8 Å². The van der Waals surface area contributed by atoms with Gasteiger partial charge >= 0.3 is 0 Å². The average Bonchev–Trinajstić information content (AvgIpc) is 2.90. The van der Waals surface area contributed by atoms with Crippen molar-refractivity contribution in [2.45, 2.75) is 0 Å². The standard InChI is InChI=1S/C10H13N3O3S/c14-8-11-17-13-5-3-12(4-6-13)10(15)9-2-1-7-16-9/h1-2,7-8H,3-6H2,(H,11,14). The van der Waals surface area contributed by atoms with Gasteiger partial charge in [-0.05, 0) is 12.1 Å². The summed E-state index contributed by atoms with van der Waals surface area (Å²) in [6, 6.07) is 3.37. The van der Waals surface area contributed by atoms with Crippen LogP contribution in [0.25, 0.3) is 0 Å². The lowest BCUT2D eigenvalue weighted by Crippen LogP contribution is -2.46. The first-order valence-corrected chi connectivity index (χ1v) is 6.02. The van der Waals surface area contributed by atoms with Crippen LogP contribution in [0.5, 0.6) is 0 Å². The Morgan fingerprint density at radius 3 is 2.76 bits per heavy atom. The van der Waals surface area contributed by atoms with Crippen molar-refractivity contribution >= 4 is 24.5 Å². The SMILES string of the molecule is O=CNSN1CCN(C(=O)c2ccco2)CC1. The van der Waals surface area contributed by atoms with Gasteiger partial charge in [0.15, 0.2) is 5.76 Å². The van der Waals surface area contributed by atoms with Gasteiger partial charge in [0.1, 0.15) is 0 Å². The third kappa shape index (κ3) is 3.01. The number of amides is 2.